The number of esters is 1. The van der Waals surface area contributed by atoms with Gasteiger partial charge in [0, 0.05) is 25.3 Å². The first-order valence-electron chi connectivity index (χ1n) is 11.0. The lowest BCUT2D eigenvalue weighted by atomic mass is 10.0. The fraction of sp³-hybridized carbons (Fsp3) is 0.440. The zero-order valence-corrected chi connectivity index (χ0v) is 19.6. The number of ether oxygens (including phenoxy) is 1. The van der Waals surface area contributed by atoms with Crippen molar-refractivity contribution in [1.82, 2.24) is 9.55 Å². The molecule has 3 aromatic rings. The molecule has 0 fully saturated rings. The van der Waals surface area contributed by atoms with Crippen molar-refractivity contribution in [2.75, 3.05) is 19.0 Å². The Morgan fingerprint density at radius 1 is 1.15 bits per heavy atom. The number of carbonyl (C=O) groups is 1. The Hall–Kier alpha value is -3.03. The van der Waals surface area contributed by atoms with Gasteiger partial charge >= 0.3 is 12.1 Å². The lowest BCUT2D eigenvalue weighted by Gasteiger charge is -2.21. The number of imidazole rings is 1. The SMILES string of the molecule is CC[C@@H](CC(C)C)OC(=O)Cn1c(-c2ccc(N(C)C)c(C(F)(F)F)c2)nc2ccccc21. The van der Waals surface area contributed by atoms with Crippen LogP contribution in [0.15, 0.2) is 42.5 Å². The summed E-state index contributed by atoms with van der Waals surface area (Å²) < 4.78 is 48.6. The standard InChI is InChI=1S/C25H30F3N3O2/c1-6-18(13-16(2)3)33-23(32)15-31-22-10-8-7-9-20(22)29-24(31)17-11-12-21(30(4)5)19(14-17)25(26,27)28/h7-12,14,16,18H,6,13,15H2,1-5H3/t18-/m0/s1. The number of para-hydroxylation sites is 2. The van der Waals surface area contributed by atoms with Crippen LogP contribution in [-0.4, -0.2) is 35.7 Å². The second-order valence-corrected chi connectivity index (χ2v) is 8.78. The van der Waals surface area contributed by atoms with Crippen molar-refractivity contribution in [3.05, 3.63) is 48.0 Å². The van der Waals surface area contributed by atoms with Gasteiger partial charge < -0.3 is 14.2 Å². The van der Waals surface area contributed by atoms with Gasteiger partial charge in [-0.15, -0.1) is 0 Å². The second kappa shape index (κ2) is 9.85. The molecule has 33 heavy (non-hydrogen) atoms. The Kier molecular flexibility index (Phi) is 7.34. The molecule has 0 aliphatic heterocycles. The minimum atomic E-state index is -4.53. The number of hydrogen-bond donors (Lipinski definition) is 0. The molecular weight excluding hydrogens is 431 g/mol. The van der Waals surface area contributed by atoms with Gasteiger partial charge in [-0.05, 0) is 49.1 Å². The van der Waals surface area contributed by atoms with Crippen molar-refractivity contribution in [2.24, 2.45) is 5.92 Å². The summed E-state index contributed by atoms with van der Waals surface area (Å²) in [6.07, 6.45) is -3.29. The third-order valence-corrected chi connectivity index (χ3v) is 5.47. The molecular formula is C25H30F3N3O2. The molecule has 1 aromatic heterocycles. The van der Waals surface area contributed by atoms with Crippen molar-refractivity contribution >= 4 is 22.7 Å². The first-order chi connectivity index (χ1) is 15.5. The van der Waals surface area contributed by atoms with Gasteiger partial charge in [-0.25, -0.2) is 4.98 Å². The zero-order valence-electron chi connectivity index (χ0n) is 19.6. The third-order valence-electron chi connectivity index (χ3n) is 5.47. The number of fused-ring (bicyclic) bond motifs is 1. The summed E-state index contributed by atoms with van der Waals surface area (Å²) in [5, 5.41) is 0. The van der Waals surface area contributed by atoms with Gasteiger partial charge in [0.05, 0.1) is 16.6 Å². The van der Waals surface area contributed by atoms with Crippen LogP contribution in [0.2, 0.25) is 0 Å². The molecule has 0 saturated carbocycles. The highest BCUT2D eigenvalue weighted by Gasteiger charge is 2.35. The molecule has 0 saturated heterocycles. The average molecular weight is 462 g/mol. The first kappa shape index (κ1) is 24.6. The molecule has 8 heteroatoms. The Balaban J connectivity index is 2.05. The van der Waals surface area contributed by atoms with Gasteiger partial charge in [0.1, 0.15) is 18.5 Å². The predicted octanol–water partition coefficient (Wildman–Crippen LogP) is 6.16. The quantitative estimate of drug-likeness (QED) is 0.377. The number of nitrogens with zero attached hydrogens (tertiary/aromatic N) is 3. The third kappa shape index (κ3) is 5.67. The Morgan fingerprint density at radius 3 is 2.45 bits per heavy atom. The van der Waals surface area contributed by atoms with Crippen molar-refractivity contribution in [3.63, 3.8) is 0 Å². The summed E-state index contributed by atoms with van der Waals surface area (Å²) >= 11 is 0. The fourth-order valence-corrected chi connectivity index (χ4v) is 3.92. The first-order valence-corrected chi connectivity index (χ1v) is 11.0. The van der Waals surface area contributed by atoms with E-state index in [2.05, 4.69) is 18.8 Å². The molecule has 0 unspecified atom stereocenters. The Morgan fingerprint density at radius 2 is 1.85 bits per heavy atom. The van der Waals surface area contributed by atoms with E-state index >= 15 is 0 Å². The maximum Gasteiger partial charge on any atom is 0.418 e. The number of hydrogen-bond acceptors (Lipinski definition) is 4. The van der Waals surface area contributed by atoms with Crippen molar-refractivity contribution in [1.29, 1.82) is 0 Å². The number of alkyl halides is 3. The van der Waals surface area contributed by atoms with Gasteiger partial charge in [0.15, 0.2) is 0 Å². The molecule has 178 valence electrons. The van der Waals surface area contributed by atoms with Crippen LogP contribution in [0.3, 0.4) is 0 Å². The maximum absolute atomic E-state index is 13.8. The van der Waals surface area contributed by atoms with E-state index in [1.165, 1.54) is 11.0 Å². The Labute approximate surface area is 192 Å². The lowest BCUT2D eigenvalue weighted by molar-refractivity contribution is -0.150. The van der Waals surface area contributed by atoms with E-state index in [0.717, 1.165) is 12.5 Å². The van der Waals surface area contributed by atoms with Crippen molar-refractivity contribution in [3.8, 4) is 11.4 Å². The highest BCUT2D eigenvalue weighted by molar-refractivity contribution is 5.83. The topological polar surface area (TPSA) is 47.4 Å². The van der Waals surface area contributed by atoms with Crippen LogP contribution >= 0.6 is 0 Å². The molecule has 0 amide bonds. The van der Waals surface area contributed by atoms with Crippen LogP contribution in [0.4, 0.5) is 18.9 Å². The minimum Gasteiger partial charge on any atom is -0.461 e. The van der Waals surface area contributed by atoms with Gasteiger partial charge in [-0.2, -0.15) is 13.2 Å². The van der Waals surface area contributed by atoms with Gasteiger partial charge in [-0.1, -0.05) is 32.9 Å². The predicted molar refractivity (Wildman–Crippen MR) is 124 cm³/mol. The Bertz CT molecular complexity index is 1120. The fourth-order valence-electron chi connectivity index (χ4n) is 3.92. The van der Waals surface area contributed by atoms with Crippen LogP contribution in [0.1, 0.15) is 39.2 Å². The zero-order chi connectivity index (χ0) is 24.3. The number of halogens is 3. The van der Waals surface area contributed by atoms with E-state index in [1.807, 2.05) is 6.92 Å². The largest absolute Gasteiger partial charge is 0.461 e. The number of anilines is 1. The van der Waals surface area contributed by atoms with Crippen molar-refractivity contribution < 1.29 is 22.7 Å². The van der Waals surface area contributed by atoms with E-state index in [9.17, 15) is 18.0 Å². The maximum atomic E-state index is 13.8. The average Bonchev–Trinajstić information content (AvgIpc) is 3.10. The number of rotatable bonds is 8. The van der Waals surface area contributed by atoms with E-state index in [-0.39, 0.29) is 23.9 Å². The van der Waals surface area contributed by atoms with Gasteiger partial charge in [0.2, 0.25) is 0 Å². The van der Waals surface area contributed by atoms with E-state index in [4.69, 9.17) is 4.74 Å². The normalized spacial score (nSPS) is 12.9. The molecule has 3 rings (SSSR count). The summed E-state index contributed by atoms with van der Waals surface area (Å²) in [5.41, 5.74) is 0.847. The number of aromatic nitrogens is 2. The summed E-state index contributed by atoms with van der Waals surface area (Å²) in [5.74, 6) is 0.233. The molecule has 5 nitrogen and oxygen atoms in total. The number of benzene rings is 2. The minimum absolute atomic E-state index is 0.0628. The van der Waals surface area contributed by atoms with Gasteiger partial charge in [0.25, 0.3) is 0 Å². The molecule has 0 spiro atoms. The van der Waals surface area contributed by atoms with Crippen LogP contribution < -0.4 is 4.90 Å². The highest BCUT2D eigenvalue weighted by Crippen LogP contribution is 2.39. The smallest absolute Gasteiger partial charge is 0.418 e. The van der Waals surface area contributed by atoms with Crippen LogP contribution in [0, 0.1) is 5.92 Å². The molecule has 2 aromatic carbocycles. The molecule has 1 atom stereocenters. The van der Waals surface area contributed by atoms with Crippen molar-refractivity contribution in [2.45, 2.75) is 52.4 Å². The monoisotopic (exact) mass is 461 g/mol. The summed E-state index contributed by atoms with van der Waals surface area (Å²) in [4.78, 5) is 18.8. The van der Waals surface area contributed by atoms with Crippen LogP contribution in [0.25, 0.3) is 22.4 Å². The molecule has 0 bridgehead atoms. The van der Waals surface area contributed by atoms with Crippen LogP contribution in [0.5, 0.6) is 0 Å². The van der Waals surface area contributed by atoms with Crippen LogP contribution in [-0.2, 0) is 22.3 Å². The van der Waals surface area contributed by atoms with E-state index < -0.39 is 17.7 Å². The molecule has 0 aliphatic rings. The molecule has 1 heterocycles. The molecule has 0 aliphatic carbocycles. The summed E-state index contributed by atoms with van der Waals surface area (Å²) in [7, 11) is 3.13. The molecule has 0 N–H and O–H groups in total. The lowest BCUT2D eigenvalue weighted by Crippen LogP contribution is -2.23. The van der Waals surface area contributed by atoms with Gasteiger partial charge in [-0.3, -0.25) is 4.79 Å². The highest BCUT2D eigenvalue weighted by atomic mass is 19.4. The van der Waals surface area contributed by atoms with E-state index in [1.54, 1.807) is 49.0 Å². The molecule has 0 radical (unpaired) electrons. The van der Waals surface area contributed by atoms with E-state index in [0.29, 0.717) is 29.2 Å². The number of carbonyl (C=O) groups excluding carboxylic acids is 1. The summed E-state index contributed by atoms with van der Waals surface area (Å²) in [6.45, 7) is 5.95. The summed E-state index contributed by atoms with van der Waals surface area (Å²) in [6, 6.07) is 11.3. The second-order valence-electron chi connectivity index (χ2n) is 8.78.